The van der Waals surface area contributed by atoms with Crippen LogP contribution in [0.15, 0.2) is 53.3 Å². The molecule has 1 aliphatic rings. The van der Waals surface area contributed by atoms with Crippen molar-refractivity contribution in [3.8, 4) is 0 Å². The van der Waals surface area contributed by atoms with Gasteiger partial charge in [0.25, 0.3) is 5.56 Å². The topological polar surface area (TPSA) is 67.2 Å². The van der Waals surface area contributed by atoms with E-state index in [1.807, 2.05) is 51.1 Å². The van der Waals surface area contributed by atoms with Crippen LogP contribution in [0.2, 0.25) is 0 Å². The van der Waals surface area contributed by atoms with E-state index in [1.54, 1.807) is 0 Å². The highest BCUT2D eigenvalue weighted by molar-refractivity contribution is 5.92. The summed E-state index contributed by atoms with van der Waals surface area (Å²) in [5, 5.41) is 2.97. The number of nitrogens with one attached hydrogen (secondary N) is 1. The lowest BCUT2D eigenvalue weighted by molar-refractivity contribution is -0.116. The number of hydrogen-bond acceptors (Lipinski definition) is 4. The Kier molecular flexibility index (Phi) is 5.40. The second kappa shape index (κ2) is 8.14. The summed E-state index contributed by atoms with van der Waals surface area (Å²) in [4.78, 5) is 32.3. The molecule has 6 nitrogen and oxygen atoms in total. The zero-order chi connectivity index (χ0) is 21.3. The molecule has 0 spiro atoms. The molecule has 1 N–H and O–H groups in total. The average molecular weight is 402 g/mol. The highest BCUT2D eigenvalue weighted by Gasteiger charge is 2.22. The summed E-state index contributed by atoms with van der Waals surface area (Å²) >= 11 is 0. The maximum Gasteiger partial charge on any atom is 0.255 e. The third-order valence-electron chi connectivity index (χ3n) is 5.58. The summed E-state index contributed by atoms with van der Waals surface area (Å²) in [6.07, 6.45) is 0.884. The molecule has 2 aromatic carbocycles. The summed E-state index contributed by atoms with van der Waals surface area (Å²) in [7, 11) is 0. The molecule has 30 heavy (non-hydrogen) atoms. The van der Waals surface area contributed by atoms with Gasteiger partial charge in [0.2, 0.25) is 11.9 Å². The van der Waals surface area contributed by atoms with Gasteiger partial charge in [0, 0.05) is 30.5 Å². The van der Waals surface area contributed by atoms with Crippen LogP contribution in [-0.4, -0.2) is 22.0 Å². The van der Waals surface area contributed by atoms with E-state index in [2.05, 4.69) is 27.3 Å². The number of para-hydroxylation sites is 1. The summed E-state index contributed by atoms with van der Waals surface area (Å²) in [6.45, 7) is 7.07. The number of carbonyl (C=O) groups excluding carboxylic acids is 1. The van der Waals surface area contributed by atoms with Gasteiger partial charge in [-0.2, -0.15) is 0 Å². The van der Waals surface area contributed by atoms with Crippen LogP contribution in [0.5, 0.6) is 0 Å². The lowest BCUT2D eigenvalue weighted by Crippen LogP contribution is -2.38. The minimum absolute atomic E-state index is 0.0760. The Hall–Kier alpha value is -3.41. The van der Waals surface area contributed by atoms with Crippen molar-refractivity contribution in [3.63, 3.8) is 0 Å². The van der Waals surface area contributed by atoms with Crippen molar-refractivity contribution in [2.75, 3.05) is 16.8 Å². The molecule has 0 saturated carbocycles. The zero-order valence-corrected chi connectivity index (χ0v) is 17.6. The second-order valence-corrected chi connectivity index (χ2v) is 7.88. The molecule has 154 valence electrons. The van der Waals surface area contributed by atoms with Crippen molar-refractivity contribution < 1.29 is 4.79 Å². The number of hydrogen-bond donors (Lipinski definition) is 1. The van der Waals surface area contributed by atoms with Crippen molar-refractivity contribution in [2.24, 2.45) is 0 Å². The number of anilines is 2. The molecule has 1 amide bonds. The third-order valence-corrected chi connectivity index (χ3v) is 5.58. The van der Waals surface area contributed by atoms with Crippen molar-refractivity contribution >= 4 is 17.5 Å². The normalized spacial score (nSPS) is 13.1. The first kappa shape index (κ1) is 19.9. The monoisotopic (exact) mass is 402 g/mol. The Morgan fingerprint density at radius 3 is 2.47 bits per heavy atom. The van der Waals surface area contributed by atoms with Gasteiger partial charge in [-0.3, -0.25) is 14.2 Å². The maximum atomic E-state index is 12.8. The van der Waals surface area contributed by atoms with Gasteiger partial charge in [0.15, 0.2) is 0 Å². The molecule has 3 aromatic rings. The third kappa shape index (κ3) is 3.99. The molecule has 6 heteroatoms. The smallest absolute Gasteiger partial charge is 0.255 e. The van der Waals surface area contributed by atoms with E-state index >= 15 is 0 Å². The van der Waals surface area contributed by atoms with Crippen LogP contribution in [0.4, 0.5) is 11.6 Å². The van der Waals surface area contributed by atoms with E-state index in [4.69, 9.17) is 0 Å². The standard InChI is InChI=1S/C24H26N4O2/c1-16-7-6-8-17(2)23(16)26-21(29)15-28-22(30)13-18(3)25-24(28)27-12-11-19-9-4-5-10-20(19)14-27/h4-10,13H,11-12,14-15H2,1-3H3,(H,26,29). The van der Waals surface area contributed by atoms with Crippen molar-refractivity contribution in [2.45, 2.75) is 40.3 Å². The zero-order valence-electron chi connectivity index (χ0n) is 17.6. The highest BCUT2D eigenvalue weighted by Crippen LogP contribution is 2.23. The molecule has 0 aliphatic carbocycles. The molecule has 2 heterocycles. The fraction of sp³-hybridized carbons (Fsp3) is 0.292. The molecule has 1 aliphatic heterocycles. The van der Waals surface area contributed by atoms with Crippen molar-refractivity contribution in [3.05, 3.63) is 86.8 Å². The SMILES string of the molecule is Cc1cc(=O)n(CC(=O)Nc2c(C)cccc2C)c(N2CCc3ccccc3C2)n1. The van der Waals surface area contributed by atoms with Crippen LogP contribution in [-0.2, 0) is 24.3 Å². The molecular formula is C24H26N4O2. The fourth-order valence-corrected chi connectivity index (χ4v) is 4.00. The van der Waals surface area contributed by atoms with Gasteiger partial charge in [-0.1, -0.05) is 42.5 Å². The number of fused-ring (bicyclic) bond motifs is 1. The van der Waals surface area contributed by atoms with E-state index in [0.29, 0.717) is 18.2 Å². The van der Waals surface area contributed by atoms with Gasteiger partial charge in [-0.25, -0.2) is 4.98 Å². The molecule has 0 unspecified atom stereocenters. The Balaban J connectivity index is 1.63. The molecule has 0 atom stereocenters. The minimum atomic E-state index is -0.237. The van der Waals surface area contributed by atoms with Crippen LogP contribution in [0, 0.1) is 20.8 Å². The Labute approximate surface area is 176 Å². The summed E-state index contributed by atoms with van der Waals surface area (Å²) in [5.74, 6) is 0.310. The van der Waals surface area contributed by atoms with E-state index in [0.717, 1.165) is 29.8 Å². The number of amides is 1. The molecule has 0 fully saturated rings. The number of carbonyl (C=O) groups is 1. The maximum absolute atomic E-state index is 12.8. The lowest BCUT2D eigenvalue weighted by Gasteiger charge is -2.31. The molecule has 0 saturated heterocycles. The van der Waals surface area contributed by atoms with E-state index in [1.165, 1.54) is 21.8 Å². The van der Waals surface area contributed by atoms with Gasteiger partial charge in [0.1, 0.15) is 6.54 Å². The number of aryl methyl sites for hydroxylation is 3. The van der Waals surface area contributed by atoms with E-state index in [-0.39, 0.29) is 18.0 Å². The van der Waals surface area contributed by atoms with E-state index in [9.17, 15) is 9.59 Å². The quantitative estimate of drug-likeness (QED) is 0.727. The number of nitrogens with zero attached hydrogens (tertiary/aromatic N) is 3. The number of benzene rings is 2. The van der Waals surface area contributed by atoms with Gasteiger partial charge in [-0.15, -0.1) is 0 Å². The fourth-order valence-electron chi connectivity index (χ4n) is 4.00. The van der Waals surface area contributed by atoms with Crippen LogP contribution in [0.3, 0.4) is 0 Å². The van der Waals surface area contributed by atoms with E-state index < -0.39 is 0 Å². The van der Waals surface area contributed by atoms with Crippen LogP contribution >= 0.6 is 0 Å². The molecule has 0 radical (unpaired) electrons. The summed E-state index contributed by atoms with van der Waals surface area (Å²) in [6, 6.07) is 15.7. The summed E-state index contributed by atoms with van der Waals surface area (Å²) in [5.41, 5.74) is 5.77. The Morgan fingerprint density at radius 1 is 1.03 bits per heavy atom. The average Bonchev–Trinajstić information content (AvgIpc) is 2.72. The Morgan fingerprint density at radius 2 is 1.73 bits per heavy atom. The number of rotatable bonds is 4. The van der Waals surface area contributed by atoms with Gasteiger partial charge >= 0.3 is 0 Å². The molecule has 4 rings (SSSR count). The summed E-state index contributed by atoms with van der Waals surface area (Å²) < 4.78 is 1.48. The molecule has 0 bridgehead atoms. The second-order valence-electron chi connectivity index (χ2n) is 7.88. The number of aromatic nitrogens is 2. The molecular weight excluding hydrogens is 376 g/mol. The van der Waals surface area contributed by atoms with Gasteiger partial charge in [-0.05, 0) is 49.4 Å². The van der Waals surface area contributed by atoms with Gasteiger partial charge < -0.3 is 10.2 Å². The lowest BCUT2D eigenvalue weighted by atomic mass is 10.0. The van der Waals surface area contributed by atoms with Crippen LogP contribution < -0.4 is 15.8 Å². The first-order valence-corrected chi connectivity index (χ1v) is 10.2. The minimum Gasteiger partial charge on any atom is -0.337 e. The largest absolute Gasteiger partial charge is 0.337 e. The highest BCUT2D eigenvalue weighted by atomic mass is 16.2. The first-order chi connectivity index (χ1) is 14.4. The van der Waals surface area contributed by atoms with Crippen molar-refractivity contribution in [1.29, 1.82) is 0 Å². The van der Waals surface area contributed by atoms with Crippen molar-refractivity contribution in [1.82, 2.24) is 9.55 Å². The Bertz CT molecular complexity index is 1150. The molecule has 1 aromatic heterocycles. The van der Waals surface area contributed by atoms with Crippen LogP contribution in [0.25, 0.3) is 0 Å². The first-order valence-electron chi connectivity index (χ1n) is 10.2. The predicted molar refractivity (Wildman–Crippen MR) is 119 cm³/mol. The van der Waals surface area contributed by atoms with Gasteiger partial charge in [0.05, 0.1) is 0 Å². The van der Waals surface area contributed by atoms with Crippen LogP contribution in [0.1, 0.15) is 27.9 Å². The predicted octanol–water partition coefficient (Wildman–Crippen LogP) is 3.37.